The van der Waals surface area contributed by atoms with Crippen molar-refractivity contribution in [1.82, 2.24) is 10.6 Å². The van der Waals surface area contributed by atoms with Crippen LogP contribution in [0, 0.1) is 5.41 Å². The predicted molar refractivity (Wildman–Crippen MR) is 95.0 cm³/mol. The van der Waals surface area contributed by atoms with Crippen molar-refractivity contribution in [2.24, 2.45) is 5.41 Å². The summed E-state index contributed by atoms with van der Waals surface area (Å²) >= 11 is 0. The summed E-state index contributed by atoms with van der Waals surface area (Å²) in [5.74, 6) is 0. The molecule has 2 amide bonds. The van der Waals surface area contributed by atoms with Gasteiger partial charge in [-0.1, -0.05) is 87.5 Å². The Labute approximate surface area is 138 Å². The zero-order chi connectivity index (χ0) is 16.7. The predicted octanol–water partition coefficient (Wildman–Crippen LogP) is 4.64. The number of carbonyl (C=O) groups excluding carboxylic acids is 1. The summed E-state index contributed by atoms with van der Waals surface area (Å²) in [7, 11) is 0. The van der Waals surface area contributed by atoms with Crippen molar-refractivity contribution >= 4 is 6.03 Å². The molecule has 120 valence electrons. The monoisotopic (exact) mass is 308 g/mol. The van der Waals surface area contributed by atoms with Crippen LogP contribution in [-0.2, 0) is 0 Å². The molecule has 0 aliphatic heterocycles. The van der Waals surface area contributed by atoms with Crippen molar-refractivity contribution in [3.8, 4) is 0 Å². The summed E-state index contributed by atoms with van der Waals surface area (Å²) in [6.45, 7) is 6.25. The van der Waals surface area contributed by atoms with E-state index in [4.69, 9.17) is 0 Å². The number of hydrogen-bond acceptors (Lipinski definition) is 1. The van der Waals surface area contributed by atoms with Crippen LogP contribution in [0.2, 0.25) is 0 Å². The summed E-state index contributed by atoms with van der Waals surface area (Å²) in [5, 5.41) is 5.81. The highest BCUT2D eigenvalue weighted by Crippen LogP contribution is 2.21. The average molecular weight is 308 g/mol. The lowest BCUT2D eigenvalue weighted by atomic mass is 9.97. The van der Waals surface area contributed by atoms with Gasteiger partial charge in [0.1, 0.15) is 0 Å². The normalized spacial score (nSPS) is 11.7. The Kier molecular flexibility index (Phi) is 5.58. The molecule has 2 N–H and O–H groups in total. The van der Waals surface area contributed by atoms with E-state index in [-0.39, 0.29) is 17.5 Å². The van der Waals surface area contributed by atoms with Gasteiger partial charge in [0.05, 0.1) is 6.04 Å². The maximum atomic E-state index is 12.2. The van der Waals surface area contributed by atoms with Gasteiger partial charge in [-0.2, -0.15) is 0 Å². The second-order valence-corrected chi connectivity index (χ2v) is 6.57. The number of hydrogen-bond donors (Lipinski definition) is 2. The molecule has 0 saturated carbocycles. The van der Waals surface area contributed by atoms with Crippen molar-refractivity contribution in [2.75, 3.05) is 0 Å². The van der Waals surface area contributed by atoms with Gasteiger partial charge in [-0.15, -0.1) is 0 Å². The largest absolute Gasteiger partial charge is 0.327 e. The Morgan fingerprint density at radius 1 is 0.913 bits per heavy atom. The van der Waals surface area contributed by atoms with Crippen LogP contribution in [0.3, 0.4) is 0 Å². The Bertz CT molecular complexity index is 603. The molecule has 3 heteroatoms. The molecule has 0 spiro atoms. The fourth-order valence-corrected chi connectivity index (χ4v) is 2.19. The number of allylic oxidation sites excluding steroid dienone is 1. The molecule has 0 aromatic heterocycles. The highest BCUT2D eigenvalue weighted by atomic mass is 16.2. The average Bonchev–Trinajstić information content (AvgIpc) is 2.53. The van der Waals surface area contributed by atoms with E-state index in [0.717, 1.165) is 11.1 Å². The summed E-state index contributed by atoms with van der Waals surface area (Å²) in [6.07, 6.45) is 3.66. The fraction of sp³-hybridized carbons (Fsp3) is 0.250. The number of urea groups is 1. The maximum absolute atomic E-state index is 12.2. The van der Waals surface area contributed by atoms with E-state index in [0.29, 0.717) is 0 Å². The van der Waals surface area contributed by atoms with Crippen LogP contribution in [0.1, 0.15) is 37.9 Å². The SMILES string of the molecule is CC(C)(C)/C=C/NC(=O)NC(c1ccccc1)c1ccccc1. The number of nitrogens with one attached hydrogen (secondary N) is 2. The van der Waals surface area contributed by atoms with Crippen molar-refractivity contribution in [3.05, 3.63) is 84.1 Å². The van der Waals surface area contributed by atoms with E-state index < -0.39 is 0 Å². The first kappa shape index (κ1) is 16.8. The topological polar surface area (TPSA) is 41.1 Å². The minimum absolute atomic E-state index is 0.0333. The third-order valence-corrected chi connectivity index (χ3v) is 3.34. The Hall–Kier alpha value is -2.55. The summed E-state index contributed by atoms with van der Waals surface area (Å²) in [5.41, 5.74) is 2.13. The minimum atomic E-state index is -0.219. The molecule has 0 heterocycles. The van der Waals surface area contributed by atoms with Crippen LogP contribution < -0.4 is 10.6 Å². The van der Waals surface area contributed by atoms with E-state index in [1.807, 2.05) is 66.7 Å². The number of rotatable bonds is 4. The van der Waals surface area contributed by atoms with Crippen molar-refractivity contribution < 1.29 is 4.79 Å². The van der Waals surface area contributed by atoms with Crippen molar-refractivity contribution in [2.45, 2.75) is 26.8 Å². The van der Waals surface area contributed by atoms with Crippen molar-refractivity contribution in [1.29, 1.82) is 0 Å². The van der Waals surface area contributed by atoms with Crippen LogP contribution in [0.4, 0.5) is 4.79 Å². The van der Waals surface area contributed by atoms with Gasteiger partial charge >= 0.3 is 6.03 Å². The highest BCUT2D eigenvalue weighted by Gasteiger charge is 2.15. The molecule has 0 saturated heterocycles. The summed E-state index contributed by atoms with van der Waals surface area (Å²) in [6, 6.07) is 19.5. The lowest BCUT2D eigenvalue weighted by Gasteiger charge is -2.20. The Balaban J connectivity index is 2.13. The van der Waals surface area contributed by atoms with E-state index in [1.54, 1.807) is 6.20 Å². The van der Waals surface area contributed by atoms with Gasteiger partial charge in [0.25, 0.3) is 0 Å². The quantitative estimate of drug-likeness (QED) is 0.849. The standard InChI is InChI=1S/C20H24N2O/c1-20(2,3)14-15-21-19(23)22-18(16-10-6-4-7-11-16)17-12-8-5-9-13-17/h4-15,18H,1-3H3,(H2,21,22,23)/b15-14+. The van der Waals surface area contributed by atoms with Gasteiger partial charge in [-0.05, 0) is 16.5 Å². The zero-order valence-electron chi connectivity index (χ0n) is 13.9. The van der Waals surface area contributed by atoms with Gasteiger partial charge in [-0.25, -0.2) is 4.79 Å². The first-order valence-corrected chi connectivity index (χ1v) is 7.80. The third kappa shape index (κ3) is 5.62. The first-order valence-electron chi connectivity index (χ1n) is 7.80. The molecule has 0 radical (unpaired) electrons. The van der Waals surface area contributed by atoms with Crippen LogP contribution in [0.25, 0.3) is 0 Å². The molecule has 0 atom stereocenters. The maximum Gasteiger partial charge on any atom is 0.319 e. The summed E-state index contributed by atoms with van der Waals surface area (Å²) in [4.78, 5) is 12.2. The lowest BCUT2D eigenvalue weighted by molar-refractivity contribution is 0.242. The Morgan fingerprint density at radius 3 is 1.83 bits per heavy atom. The smallest absolute Gasteiger partial charge is 0.319 e. The van der Waals surface area contributed by atoms with E-state index in [2.05, 4.69) is 31.4 Å². The minimum Gasteiger partial charge on any atom is -0.327 e. The molecule has 0 fully saturated rings. The second-order valence-electron chi connectivity index (χ2n) is 6.57. The van der Waals surface area contributed by atoms with Gasteiger partial charge in [0, 0.05) is 6.20 Å². The molecule has 2 aromatic carbocycles. The second kappa shape index (κ2) is 7.63. The van der Waals surface area contributed by atoms with Gasteiger partial charge in [0.2, 0.25) is 0 Å². The molecule has 0 aliphatic rings. The molecule has 3 nitrogen and oxygen atoms in total. The molecular formula is C20H24N2O. The van der Waals surface area contributed by atoms with Crippen molar-refractivity contribution in [3.63, 3.8) is 0 Å². The molecule has 0 unspecified atom stereocenters. The van der Waals surface area contributed by atoms with Crippen LogP contribution in [0.5, 0.6) is 0 Å². The molecule has 0 aliphatic carbocycles. The van der Waals surface area contributed by atoms with Gasteiger partial charge in [-0.3, -0.25) is 0 Å². The third-order valence-electron chi connectivity index (χ3n) is 3.34. The zero-order valence-corrected chi connectivity index (χ0v) is 13.9. The van der Waals surface area contributed by atoms with Crippen LogP contribution in [0.15, 0.2) is 72.9 Å². The Morgan fingerprint density at radius 2 is 1.39 bits per heavy atom. The lowest BCUT2D eigenvalue weighted by Crippen LogP contribution is -2.36. The van der Waals surface area contributed by atoms with Gasteiger partial charge < -0.3 is 10.6 Å². The van der Waals surface area contributed by atoms with E-state index in [1.165, 1.54) is 0 Å². The number of carbonyl (C=O) groups is 1. The van der Waals surface area contributed by atoms with E-state index >= 15 is 0 Å². The molecule has 2 rings (SSSR count). The molecular weight excluding hydrogens is 284 g/mol. The van der Waals surface area contributed by atoms with Crippen LogP contribution in [-0.4, -0.2) is 6.03 Å². The summed E-state index contributed by atoms with van der Waals surface area (Å²) < 4.78 is 0. The fourth-order valence-electron chi connectivity index (χ4n) is 2.19. The van der Waals surface area contributed by atoms with E-state index in [9.17, 15) is 4.79 Å². The molecule has 23 heavy (non-hydrogen) atoms. The number of amides is 2. The highest BCUT2D eigenvalue weighted by molar-refractivity contribution is 5.76. The molecule has 0 bridgehead atoms. The van der Waals surface area contributed by atoms with Crippen LogP contribution >= 0.6 is 0 Å². The number of benzene rings is 2. The van der Waals surface area contributed by atoms with Gasteiger partial charge in [0.15, 0.2) is 0 Å². The molecule has 2 aromatic rings. The first-order chi connectivity index (χ1) is 11.0.